The van der Waals surface area contributed by atoms with E-state index in [4.69, 9.17) is 0 Å². The van der Waals surface area contributed by atoms with Crippen molar-refractivity contribution in [3.8, 4) is 0 Å². The molecule has 4 nitrogen and oxygen atoms in total. The van der Waals surface area contributed by atoms with Crippen LogP contribution in [-0.2, 0) is 6.54 Å². The van der Waals surface area contributed by atoms with Gasteiger partial charge in [-0.2, -0.15) is 0 Å². The number of nitrogens with one attached hydrogen (secondary N) is 2. The second-order valence-electron chi connectivity index (χ2n) is 3.86. The maximum absolute atomic E-state index is 13.1. The molecule has 19 heavy (non-hydrogen) atoms. The summed E-state index contributed by atoms with van der Waals surface area (Å²) in [7, 11) is 0. The fourth-order valence-electron chi connectivity index (χ4n) is 1.51. The average molecular weight is 325 g/mol. The Kier molecular flexibility index (Phi) is 4.11. The van der Waals surface area contributed by atoms with Gasteiger partial charge in [-0.15, -0.1) is 0 Å². The third-order valence-electron chi connectivity index (χ3n) is 2.49. The van der Waals surface area contributed by atoms with Gasteiger partial charge in [-0.25, -0.2) is 4.39 Å². The summed E-state index contributed by atoms with van der Waals surface area (Å²) in [5, 5.41) is 2.65. The minimum atomic E-state index is -0.364. The van der Waals surface area contributed by atoms with Crippen LogP contribution in [0, 0.1) is 5.82 Å². The van der Waals surface area contributed by atoms with E-state index >= 15 is 0 Å². The lowest BCUT2D eigenvalue weighted by Gasteiger charge is -2.07. The van der Waals surface area contributed by atoms with E-state index in [2.05, 4.69) is 26.2 Å². The Hall–Kier alpha value is -1.95. The first-order valence-corrected chi connectivity index (χ1v) is 6.26. The average Bonchev–Trinajstić information content (AvgIpc) is 2.40. The molecule has 2 rings (SSSR count). The van der Waals surface area contributed by atoms with E-state index in [0.717, 1.165) is 4.47 Å². The quantitative estimate of drug-likeness (QED) is 0.909. The predicted octanol–water partition coefficient (Wildman–Crippen LogP) is 2.21. The number of carbonyl (C=O) groups excluding carboxylic acids is 1. The lowest BCUT2D eigenvalue weighted by molar-refractivity contribution is 0.0950. The highest BCUT2D eigenvalue weighted by molar-refractivity contribution is 9.10. The largest absolute Gasteiger partial charge is 0.348 e. The van der Waals surface area contributed by atoms with E-state index in [1.807, 2.05) is 0 Å². The Morgan fingerprint density at radius 2 is 2.11 bits per heavy atom. The summed E-state index contributed by atoms with van der Waals surface area (Å²) in [4.78, 5) is 25.1. The van der Waals surface area contributed by atoms with E-state index in [1.165, 1.54) is 30.5 Å². The molecule has 98 valence electrons. The number of aromatic nitrogens is 1. The van der Waals surface area contributed by atoms with Gasteiger partial charge in [0.1, 0.15) is 5.82 Å². The lowest BCUT2D eigenvalue weighted by Crippen LogP contribution is -2.23. The number of hydrogen-bond acceptors (Lipinski definition) is 2. The van der Waals surface area contributed by atoms with Gasteiger partial charge in [0.25, 0.3) is 5.91 Å². The Balaban J connectivity index is 2.06. The molecule has 0 unspecified atom stereocenters. The first kappa shape index (κ1) is 13.5. The molecular weight excluding hydrogens is 315 g/mol. The molecule has 2 aromatic rings. The minimum absolute atomic E-state index is 0.191. The van der Waals surface area contributed by atoms with Crippen LogP contribution in [0.5, 0.6) is 0 Å². The maximum Gasteiger partial charge on any atom is 0.253 e. The van der Waals surface area contributed by atoms with Gasteiger partial charge in [0, 0.05) is 23.3 Å². The van der Waals surface area contributed by atoms with Crippen LogP contribution in [0.15, 0.2) is 45.8 Å². The summed E-state index contributed by atoms with van der Waals surface area (Å²) < 4.78 is 13.8. The molecule has 0 bridgehead atoms. The Labute approximate surface area is 116 Å². The van der Waals surface area contributed by atoms with E-state index in [1.54, 1.807) is 6.07 Å². The number of benzene rings is 1. The Morgan fingerprint density at radius 1 is 1.32 bits per heavy atom. The molecule has 1 aromatic heterocycles. The van der Waals surface area contributed by atoms with E-state index in [9.17, 15) is 14.0 Å². The van der Waals surface area contributed by atoms with Crippen molar-refractivity contribution in [2.75, 3.05) is 0 Å². The molecule has 6 heteroatoms. The van der Waals surface area contributed by atoms with Crippen LogP contribution >= 0.6 is 15.9 Å². The molecule has 0 saturated carbocycles. The zero-order valence-electron chi connectivity index (χ0n) is 9.74. The van der Waals surface area contributed by atoms with Gasteiger partial charge in [-0.3, -0.25) is 9.59 Å². The van der Waals surface area contributed by atoms with Crippen LogP contribution in [0.4, 0.5) is 4.39 Å². The SMILES string of the molecule is O=C(NCc1cc(F)ccc1Br)c1ccc(=O)[nH]c1. The molecule has 0 fully saturated rings. The van der Waals surface area contributed by atoms with Gasteiger partial charge >= 0.3 is 0 Å². The first-order valence-electron chi connectivity index (χ1n) is 5.47. The Bertz CT molecular complexity index is 649. The number of H-pyrrole nitrogens is 1. The summed E-state index contributed by atoms with van der Waals surface area (Å²) in [5.74, 6) is -0.705. The third-order valence-corrected chi connectivity index (χ3v) is 3.27. The van der Waals surface area contributed by atoms with Gasteiger partial charge in [0.15, 0.2) is 0 Å². The number of aromatic amines is 1. The van der Waals surface area contributed by atoms with Crippen molar-refractivity contribution in [3.63, 3.8) is 0 Å². The molecule has 0 spiro atoms. The Morgan fingerprint density at radius 3 is 2.79 bits per heavy atom. The van der Waals surface area contributed by atoms with Crippen LogP contribution in [-0.4, -0.2) is 10.9 Å². The first-order chi connectivity index (χ1) is 9.06. The number of rotatable bonds is 3. The van der Waals surface area contributed by atoms with Crippen molar-refractivity contribution >= 4 is 21.8 Å². The van der Waals surface area contributed by atoms with Crippen molar-refractivity contribution in [3.05, 3.63) is 68.3 Å². The van der Waals surface area contributed by atoms with E-state index in [-0.39, 0.29) is 23.8 Å². The molecule has 2 N–H and O–H groups in total. The molecule has 0 radical (unpaired) electrons. The lowest BCUT2D eigenvalue weighted by atomic mass is 10.2. The maximum atomic E-state index is 13.1. The molecule has 0 saturated heterocycles. The van der Waals surface area contributed by atoms with Crippen LogP contribution in [0.1, 0.15) is 15.9 Å². The van der Waals surface area contributed by atoms with Crippen LogP contribution < -0.4 is 10.9 Å². The number of pyridine rings is 1. The van der Waals surface area contributed by atoms with Crippen molar-refractivity contribution in [1.29, 1.82) is 0 Å². The van der Waals surface area contributed by atoms with Crippen LogP contribution in [0.25, 0.3) is 0 Å². The van der Waals surface area contributed by atoms with Gasteiger partial charge in [0.05, 0.1) is 5.56 Å². The van der Waals surface area contributed by atoms with Crippen LogP contribution in [0.3, 0.4) is 0 Å². The summed E-state index contributed by atoms with van der Waals surface area (Å²) in [6.45, 7) is 0.191. The number of amides is 1. The summed E-state index contributed by atoms with van der Waals surface area (Å²) in [6.07, 6.45) is 1.33. The van der Waals surface area contributed by atoms with Gasteiger partial charge in [-0.1, -0.05) is 15.9 Å². The molecule has 1 aromatic carbocycles. The van der Waals surface area contributed by atoms with Crippen molar-refractivity contribution in [1.82, 2.24) is 10.3 Å². The van der Waals surface area contributed by atoms with E-state index in [0.29, 0.717) is 11.1 Å². The molecule has 0 atom stereocenters. The van der Waals surface area contributed by atoms with Crippen molar-refractivity contribution in [2.24, 2.45) is 0 Å². The molecular formula is C13H10BrFN2O2. The zero-order chi connectivity index (χ0) is 13.8. The summed E-state index contributed by atoms with van der Waals surface area (Å²) in [5.41, 5.74) is 0.703. The number of hydrogen-bond donors (Lipinski definition) is 2. The monoisotopic (exact) mass is 324 g/mol. The summed E-state index contributed by atoms with van der Waals surface area (Å²) >= 11 is 3.28. The molecule has 1 amide bonds. The van der Waals surface area contributed by atoms with Crippen molar-refractivity contribution in [2.45, 2.75) is 6.54 Å². The molecule has 0 aliphatic heterocycles. The molecule has 1 heterocycles. The second-order valence-corrected chi connectivity index (χ2v) is 4.71. The van der Waals surface area contributed by atoms with Gasteiger partial charge in [-0.05, 0) is 29.8 Å². The summed E-state index contributed by atoms with van der Waals surface area (Å²) in [6, 6.07) is 6.95. The second kappa shape index (κ2) is 5.79. The topological polar surface area (TPSA) is 62.0 Å². The predicted molar refractivity (Wildman–Crippen MR) is 72.3 cm³/mol. The standard InChI is InChI=1S/C13H10BrFN2O2/c14-11-3-2-10(15)5-9(11)7-17-13(19)8-1-4-12(18)16-6-8/h1-6H,7H2,(H,16,18)(H,17,19). The minimum Gasteiger partial charge on any atom is -0.348 e. The number of carbonyl (C=O) groups is 1. The molecule has 0 aliphatic rings. The number of halogens is 2. The molecule has 0 aliphatic carbocycles. The highest BCUT2D eigenvalue weighted by Crippen LogP contribution is 2.17. The van der Waals surface area contributed by atoms with Gasteiger partial charge < -0.3 is 10.3 Å². The highest BCUT2D eigenvalue weighted by atomic mass is 79.9. The van der Waals surface area contributed by atoms with Crippen LogP contribution in [0.2, 0.25) is 0 Å². The van der Waals surface area contributed by atoms with E-state index < -0.39 is 0 Å². The smallest absolute Gasteiger partial charge is 0.253 e. The fraction of sp³-hybridized carbons (Fsp3) is 0.0769. The zero-order valence-corrected chi connectivity index (χ0v) is 11.3. The fourth-order valence-corrected chi connectivity index (χ4v) is 1.89. The normalized spacial score (nSPS) is 10.2. The van der Waals surface area contributed by atoms with Crippen molar-refractivity contribution < 1.29 is 9.18 Å². The third kappa shape index (κ3) is 3.51. The highest BCUT2D eigenvalue weighted by Gasteiger charge is 2.07. The van der Waals surface area contributed by atoms with Gasteiger partial charge in [0.2, 0.25) is 5.56 Å².